The summed E-state index contributed by atoms with van der Waals surface area (Å²) >= 11 is 1.95. The lowest BCUT2D eigenvalue weighted by molar-refractivity contribution is 0.936. The van der Waals surface area contributed by atoms with Gasteiger partial charge in [0.05, 0.1) is 0 Å². The number of hydrogen-bond donors (Lipinski definition) is 1. The van der Waals surface area contributed by atoms with E-state index in [1.54, 1.807) is 0 Å². The summed E-state index contributed by atoms with van der Waals surface area (Å²) in [5.41, 5.74) is 7.08. The molecule has 2 N–H and O–H groups in total. The van der Waals surface area contributed by atoms with Gasteiger partial charge in [-0.1, -0.05) is 37.3 Å². The molecule has 1 nitrogen and oxygen atoms in total. The Hall–Kier alpha value is -0.180. The van der Waals surface area contributed by atoms with Gasteiger partial charge in [0.25, 0.3) is 0 Å². The monoisotopic (exact) mass is 231 g/mol. The summed E-state index contributed by atoms with van der Waals surface area (Å²) in [5.74, 6) is 1.19. The summed E-state index contributed by atoms with van der Waals surface area (Å²) < 4.78 is 0. The average Bonchev–Trinajstić information content (AvgIpc) is 2.21. The van der Waals surface area contributed by atoms with Crippen LogP contribution < -0.4 is 5.73 Å². The molecule has 0 radical (unpaired) electrons. The number of nitrogens with two attached hydrogens (primary N) is 1. The molecule has 14 heavy (non-hydrogen) atoms. The van der Waals surface area contributed by atoms with E-state index in [1.165, 1.54) is 17.7 Å². The number of benzene rings is 1. The fourth-order valence-electron chi connectivity index (χ4n) is 1.23. The van der Waals surface area contributed by atoms with Gasteiger partial charge in [0.15, 0.2) is 0 Å². The molecule has 0 aliphatic heterocycles. The van der Waals surface area contributed by atoms with Crippen LogP contribution in [-0.4, -0.2) is 12.3 Å². The minimum Gasteiger partial charge on any atom is -0.329 e. The molecular weight excluding hydrogens is 214 g/mol. The van der Waals surface area contributed by atoms with Crippen molar-refractivity contribution in [3.63, 3.8) is 0 Å². The van der Waals surface area contributed by atoms with Crippen LogP contribution in [0.4, 0.5) is 0 Å². The van der Waals surface area contributed by atoms with Crippen LogP contribution in [0.25, 0.3) is 0 Å². The minimum absolute atomic E-state index is 0. The molecule has 0 aliphatic carbocycles. The molecule has 80 valence electrons. The molecule has 1 aromatic carbocycles. The third-order valence-corrected chi connectivity index (χ3v) is 3.42. The van der Waals surface area contributed by atoms with Gasteiger partial charge < -0.3 is 5.73 Å². The molecule has 1 atom stereocenters. The minimum atomic E-state index is 0. The Kier molecular flexibility index (Phi) is 8.05. The normalized spacial score (nSPS) is 11.9. The molecule has 1 aromatic rings. The van der Waals surface area contributed by atoms with Gasteiger partial charge in [0.1, 0.15) is 0 Å². The number of rotatable bonds is 5. The van der Waals surface area contributed by atoms with Gasteiger partial charge in [-0.25, -0.2) is 0 Å². The highest BCUT2D eigenvalue weighted by molar-refractivity contribution is 7.99. The SMILES string of the molecule is CCCSC(CN)c1ccccc1.Cl. The second kappa shape index (κ2) is 8.16. The maximum absolute atomic E-state index is 5.72. The Labute approximate surface area is 96.9 Å². The van der Waals surface area contributed by atoms with E-state index in [1.807, 2.05) is 17.8 Å². The van der Waals surface area contributed by atoms with E-state index in [4.69, 9.17) is 5.73 Å². The molecule has 0 bridgehead atoms. The third-order valence-electron chi connectivity index (χ3n) is 1.91. The third kappa shape index (κ3) is 4.36. The van der Waals surface area contributed by atoms with Crippen LogP contribution in [0.5, 0.6) is 0 Å². The molecule has 1 rings (SSSR count). The van der Waals surface area contributed by atoms with E-state index in [2.05, 4.69) is 31.2 Å². The Morgan fingerprint density at radius 1 is 1.29 bits per heavy atom. The van der Waals surface area contributed by atoms with Crippen LogP contribution in [0.3, 0.4) is 0 Å². The van der Waals surface area contributed by atoms with Gasteiger partial charge in [0, 0.05) is 11.8 Å². The first-order valence-corrected chi connectivity index (χ1v) is 5.80. The second-order valence-corrected chi connectivity index (χ2v) is 4.32. The first kappa shape index (κ1) is 13.8. The molecule has 0 fully saturated rings. The van der Waals surface area contributed by atoms with Crippen LogP contribution in [0.2, 0.25) is 0 Å². The predicted octanol–water partition coefficient (Wildman–Crippen LogP) is 3.25. The van der Waals surface area contributed by atoms with Crippen molar-refractivity contribution in [3.05, 3.63) is 35.9 Å². The highest BCUT2D eigenvalue weighted by Gasteiger charge is 2.07. The predicted molar refractivity (Wildman–Crippen MR) is 68.2 cm³/mol. The van der Waals surface area contributed by atoms with Gasteiger partial charge in [-0.2, -0.15) is 11.8 Å². The van der Waals surface area contributed by atoms with E-state index in [9.17, 15) is 0 Å². The van der Waals surface area contributed by atoms with Crippen LogP contribution in [0.15, 0.2) is 30.3 Å². The second-order valence-electron chi connectivity index (χ2n) is 3.01. The van der Waals surface area contributed by atoms with Crippen molar-refractivity contribution in [2.24, 2.45) is 5.73 Å². The van der Waals surface area contributed by atoms with Gasteiger partial charge in [-0.3, -0.25) is 0 Å². The number of thioether (sulfide) groups is 1. The maximum Gasteiger partial charge on any atom is 0.0419 e. The average molecular weight is 232 g/mol. The van der Waals surface area contributed by atoms with Crippen molar-refractivity contribution in [1.82, 2.24) is 0 Å². The van der Waals surface area contributed by atoms with E-state index < -0.39 is 0 Å². The number of hydrogen-bond acceptors (Lipinski definition) is 2. The molecule has 1 unspecified atom stereocenters. The first-order chi connectivity index (χ1) is 6.38. The lowest BCUT2D eigenvalue weighted by Crippen LogP contribution is -2.09. The van der Waals surface area contributed by atoms with Crippen LogP contribution in [0, 0.1) is 0 Å². The molecule has 0 heterocycles. The van der Waals surface area contributed by atoms with Crippen molar-refractivity contribution in [2.45, 2.75) is 18.6 Å². The highest BCUT2D eigenvalue weighted by Crippen LogP contribution is 2.27. The van der Waals surface area contributed by atoms with Crippen molar-refractivity contribution in [3.8, 4) is 0 Å². The molecule has 0 saturated carbocycles. The van der Waals surface area contributed by atoms with Gasteiger partial charge >= 0.3 is 0 Å². The van der Waals surface area contributed by atoms with Crippen molar-refractivity contribution in [1.29, 1.82) is 0 Å². The van der Waals surface area contributed by atoms with E-state index in [0.717, 1.165) is 6.54 Å². The molecule has 0 aromatic heterocycles. The lowest BCUT2D eigenvalue weighted by Gasteiger charge is -2.13. The summed E-state index contributed by atoms with van der Waals surface area (Å²) in [4.78, 5) is 0. The fourth-order valence-corrected chi connectivity index (χ4v) is 2.23. The van der Waals surface area contributed by atoms with Gasteiger partial charge in [-0.05, 0) is 17.7 Å². The Morgan fingerprint density at radius 2 is 1.93 bits per heavy atom. The van der Waals surface area contributed by atoms with E-state index in [0.29, 0.717) is 5.25 Å². The highest BCUT2D eigenvalue weighted by atomic mass is 35.5. The summed E-state index contributed by atoms with van der Waals surface area (Å²) in [6.45, 7) is 2.93. The van der Waals surface area contributed by atoms with Crippen molar-refractivity contribution in [2.75, 3.05) is 12.3 Å². The Bertz CT molecular complexity index is 228. The van der Waals surface area contributed by atoms with Gasteiger partial charge in [-0.15, -0.1) is 12.4 Å². The number of halogens is 1. The van der Waals surface area contributed by atoms with Crippen LogP contribution in [0.1, 0.15) is 24.2 Å². The molecule has 0 spiro atoms. The Balaban J connectivity index is 0.00000169. The fraction of sp³-hybridized carbons (Fsp3) is 0.455. The molecule has 3 heteroatoms. The van der Waals surface area contributed by atoms with Crippen LogP contribution >= 0.6 is 24.2 Å². The molecule has 0 saturated heterocycles. The van der Waals surface area contributed by atoms with Gasteiger partial charge in [0.2, 0.25) is 0 Å². The molecular formula is C11H18ClNS. The summed E-state index contributed by atoms with van der Waals surface area (Å²) in [7, 11) is 0. The maximum atomic E-state index is 5.72. The summed E-state index contributed by atoms with van der Waals surface area (Å²) in [6.07, 6.45) is 1.22. The zero-order valence-corrected chi connectivity index (χ0v) is 10.1. The standard InChI is InChI=1S/C11H17NS.ClH/c1-2-8-13-11(9-12)10-6-4-3-5-7-10;/h3-7,11H,2,8-9,12H2,1H3;1H. The van der Waals surface area contributed by atoms with E-state index in [-0.39, 0.29) is 12.4 Å². The van der Waals surface area contributed by atoms with E-state index >= 15 is 0 Å². The first-order valence-electron chi connectivity index (χ1n) is 4.75. The van der Waals surface area contributed by atoms with Crippen molar-refractivity contribution < 1.29 is 0 Å². The van der Waals surface area contributed by atoms with Crippen molar-refractivity contribution >= 4 is 24.2 Å². The lowest BCUT2D eigenvalue weighted by atomic mass is 10.1. The smallest absolute Gasteiger partial charge is 0.0419 e. The zero-order chi connectivity index (χ0) is 9.52. The molecule has 0 aliphatic rings. The van der Waals surface area contributed by atoms with Crippen LogP contribution in [-0.2, 0) is 0 Å². The summed E-state index contributed by atoms with van der Waals surface area (Å²) in [6, 6.07) is 10.5. The quantitative estimate of drug-likeness (QED) is 0.842. The summed E-state index contributed by atoms with van der Waals surface area (Å²) in [5, 5.41) is 0.473. The zero-order valence-electron chi connectivity index (χ0n) is 8.48. The topological polar surface area (TPSA) is 26.0 Å². The molecule has 0 amide bonds. The largest absolute Gasteiger partial charge is 0.329 e. The Morgan fingerprint density at radius 3 is 2.43 bits per heavy atom.